The number of likely N-dealkylation sites (N-methyl/N-ethyl adjacent to an activating group) is 1. The van der Waals surface area contributed by atoms with Gasteiger partial charge in [-0.05, 0) is 45.1 Å². The predicted molar refractivity (Wildman–Crippen MR) is 73.7 cm³/mol. The molecule has 0 saturated heterocycles. The van der Waals surface area contributed by atoms with E-state index in [4.69, 9.17) is 0 Å². The standard InChI is InChI=1S/C13H21BrN2/c1-10-5-6-12(13(14)7-10)9-15-8-11(2)16(3)4/h5-7,11,15H,8-9H2,1-4H3. The second-order valence-electron chi connectivity index (χ2n) is 4.54. The number of benzene rings is 1. The fourth-order valence-electron chi connectivity index (χ4n) is 1.39. The number of nitrogens with one attached hydrogen (secondary N) is 1. The molecule has 1 atom stereocenters. The normalized spacial score (nSPS) is 13.1. The van der Waals surface area contributed by atoms with Crippen LogP contribution in [0.3, 0.4) is 0 Å². The average Bonchev–Trinajstić information content (AvgIpc) is 2.20. The SMILES string of the molecule is Cc1ccc(CNCC(C)N(C)C)c(Br)c1. The van der Waals surface area contributed by atoms with Gasteiger partial charge in [-0.3, -0.25) is 0 Å². The van der Waals surface area contributed by atoms with Crippen molar-refractivity contribution in [1.29, 1.82) is 0 Å². The molecule has 0 saturated carbocycles. The van der Waals surface area contributed by atoms with Crippen LogP contribution in [-0.4, -0.2) is 31.6 Å². The lowest BCUT2D eigenvalue weighted by Crippen LogP contribution is -2.35. The molecule has 1 N–H and O–H groups in total. The van der Waals surface area contributed by atoms with Crippen molar-refractivity contribution in [2.75, 3.05) is 20.6 Å². The third-order valence-electron chi connectivity index (χ3n) is 2.85. The zero-order valence-electron chi connectivity index (χ0n) is 10.5. The van der Waals surface area contributed by atoms with Crippen LogP contribution in [0.5, 0.6) is 0 Å². The van der Waals surface area contributed by atoms with Gasteiger partial charge in [-0.2, -0.15) is 0 Å². The van der Waals surface area contributed by atoms with Gasteiger partial charge in [0.05, 0.1) is 0 Å². The van der Waals surface area contributed by atoms with Gasteiger partial charge in [0.1, 0.15) is 0 Å². The molecule has 1 aromatic rings. The van der Waals surface area contributed by atoms with Gasteiger partial charge in [0.15, 0.2) is 0 Å². The first-order valence-electron chi connectivity index (χ1n) is 5.63. The van der Waals surface area contributed by atoms with Gasteiger partial charge in [-0.25, -0.2) is 0 Å². The van der Waals surface area contributed by atoms with Crippen molar-refractivity contribution in [1.82, 2.24) is 10.2 Å². The third kappa shape index (κ3) is 4.24. The highest BCUT2D eigenvalue weighted by atomic mass is 79.9. The first-order valence-corrected chi connectivity index (χ1v) is 6.42. The fraction of sp³-hybridized carbons (Fsp3) is 0.538. The summed E-state index contributed by atoms with van der Waals surface area (Å²) in [5.41, 5.74) is 2.61. The summed E-state index contributed by atoms with van der Waals surface area (Å²) in [4.78, 5) is 2.22. The Labute approximate surface area is 107 Å². The summed E-state index contributed by atoms with van der Waals surface area (Å²) in [7, 11) is 4.21. The Bertz CT molecular complexity index is 337. The Hall–Kier alpha value is -0.380. The van der Waals surface area contributed by atoms with Gasteiger partial charge in [0.25, 0.3) is 0 Å². The molecule has 2 nitrogen and oxygen atoms in total. The van der Waals surface area contributed by atoms with E-state index in [1.807, 2.05) is 0 Å². The third-order valence-corrected chi connectivity index (χ3v) is 3.58. The number of hydrogen-bond acceptors (Lipinski definition) is 2. The van der Waals surface area contributed by atoms with Crippen molar-refractivity contribution in [3.8, 4) is 0 Å². The van der Waals surface area contributed by atoms with E-state index >= 15 is 0 Å². The van der Waals surface area contributed by atoms with Crippen molar-refractivity contribution in [3.63, 3.8) is 0 Å². The zero-order chi connectivity index (χ0) is 12.1. The number of nitrogens with zero attached hydrogens (tertiary/aromatic N) is 1. The molecule has 16 heavy (non-hydrogen) atoms. The molecule has 1 aromatic carbocycles. The van der Waals surface area contributed by atoms with Crippen molar-refractivity contribution in [2.45, 2.75) is 26.4 Å². The van der Waals surface area contributed by atoms with Gasteiger partial charge >= 0.3 is 0 Å². The topological polar surface area (TPSA) is 15.3 Å². The van der Waals surface area contributed by atoms with E-state index in [9.17, 15) is 0 Å². The number of halogens is 1. The van der Waals surface area contributed by atoms with Crippen LogP contribution < -0.4 is 5.32 Å². The summed E-state index contributed by atoms with van der Waals surface area (Å²) >= 11 is 3.59. The fourth-order valence-corrected chi connectivity index (χ4v) is 2.03. The molecule has 90 valence electrons. The summed E-state index contributed by atoms with van der Waals surface area (Å²) in [5, 5.41) is 3.47. The number of rotatable bonds is 5. The van der Waals surface area contributed by atoms with Crippen molar-refractivity contribution >= 4 is 15.9 Å². The average molecular weight is 285 g/mol. The molecule has 0 bridgehead atoms. The van der Waals surface area contributed by atoms with E-state index in [2.05, 4.69) is 72.3 Å². The number of aryl methyl sites for hydroxylation is 1. The van der Waals surface area contributed by atoms with Crippen molar-refractivity contribution in [2.24, 2.45) is 0 Å². The molecule has 0 amide bonds. The molecule has 0 aliphatic rings. The lowest BCUT2D eigenvalue weighted by molar-refractivity contribution is 0.302. The van der Waals surface area contributed by atoms with Crippen LogP contribution in [-0.2, 0) is 6.54 Å². The van der Waals surface area contributed by atoms with Gasteiger partial charge in [-0.1, -0.05) is 28.1 Å². The molecule has 0 fully saturated rings. The lowest BCUT2D eigenvalue weighted by Gasteiger charge is -2.20. The molecule has 3 heteroatoms. The Balaban J connectivity index is 2.43. The van der Waals surface area contributed by atoms with Crippen molar-refractivity contribution in [3.05, 3.63) is 33.8 Å². The van der Waals surface area contributed by atoms with Gasteiger partial charge < -0.3 is 10.2 Å². The summed E-state index contributed by atoms with van der Waals surface area (Å²) in [5.74, 6) is 0. The molecule has 0 heterocycles. The van der Waals surface area contributed by atoms with Crippen LogP contribution in [0.4, 0.5) is 0 Å². The minimum Gasteiger partial charge on any atom is -0.311 e. The Kier molecular flexibility index (Phi) is 5.46. The van der Waals surface area contributed by atoms with E-state index < -0.39 is 0 Å². The maximum Gasteiger partial charge on any atom is 0.0222 e. The first-order chi connectivity index (χ1) is 7.50. The van der Waals surface area contributed by atoms with E-state index in [1.54, 1.807) is 0 Å². The quantitative estimate of drug-likeness (QED) is 0.895. The van der Waals surface area contributed by atoms with Crippen LogP contribution in [0, 0.1) is 6.92 Å². The van der Waals surface area contributed by atoms with Crippen LogP contribution >= 0.6 is 15.9 Å². The molecular weight excluding hydrogens is 264 g/mol. The molecule has 0 spiro atoms. The van der Waals surface area contributed by atoms with E-state index in [-0.39, 0.29) is 0 Å². The molecular formula is C13H21BrN2. The second kappa shape index (κ2) is 6.38. The highest BCUT2D eigenvalue weighted by Gasteiger charge is 2.04. The highest BCUT2D eigenvalue weighted by molar-refractivity contribution is 9.10. The van der Waals surface area contributed by atoms with Crippen LogP contribution in [0.25, 0.3) is 0 Å². The van der Waals surface area contributed by atoms with E-state index in [1.165, 1.54) is 15.6 Å². The van der Waals surface area contributed by atoms with Crippen LogP contribution in [0.1, 0.15) is 18.1 Å². The van der Waals surface area contributed by atoms with E-state index in [0.717, 1.165) is 13.1 Å². The van der Waals surface area contributed by atoms with Gasteiger partial charge in [0, 0.05) is 23.6 Å². The minimum absolute atomic E-state index is 0.559. The lowest BCUT2D eigenvalue weighted by atomic mass is 10.1. The number of hydrogen-bond donors (Lipinski definition) is 1. The minimum atomic E-state index is 0.559. The van der Waals surface area contributed by atoms with Crippen LogP contribution in [0.15, 0.2) is 22.7 Å². The molecule has 1 rings (SSSR count). The Morgan fingerprint density at radius 1 is 1.38 bits per heavy atom. The first kappa shape index (κ1) is 13.7. The largest absolute Gasteiger partial charge is 0.311 e. The highest BCUT2D eigenvalue weighted by Crippen LogP contribution is 2.17. The maximum atomic E-state index is 3.59. The monoisotopic (exact) mass is 284 g/mol. The molecule has 1 unspecified atom stereocenters. The summed E-state index contributed by atoms with van der Waals surface area (Å²) < 4.78 is 1.19. The smallest absolute Gasteiger partial charge is 0.0222 e. The summed E-state index contributed by atoms with van der Waals surface area (Å²) in [6.07, 6.45) is 0. The molecule has 0 aromatic heterocycles. The second-order valence-corrected chi connectivity index (χ2v) is 5.39. The Morgan fingerprint density at radius 3 is 2.62 bits per heavy atom. The summed E-state index contributed by atoms with van der Waals surface area (Å²) in [6, 6.07) is 7.04. The summed E-state index contributed by atoms with van der Waals surface area (Å²) in [6.45, 7) is 6.25. The molecule has 0 aliphatic carbocycles. The Morgan fingerprint density at radius 2 is 2.06 bits per heavy atom. The molecule has 0 radical (unpaired) electrons. The maximum absolute atomic E-state index is 3.59. The van der Waals surface area contributed by atoms with E-state index in [0.29, 0.717) is 6.04 Å². The molecule has 0 aliphatic heterocycles. The van der Waals surface area contributed by atoms with Gasteiger partial charge in [-0.15, -0.1) is 0 Å². The van der Waals surface area contributed by atoms with Crippen molar-refractivity contribution < 1.29 is 0 Å². The predicted octanol–water partition coefficient (Wildman–Crippen LogP) is 2.80. The zero-order valence-corrected chi connectivity index (χ0v) is 12.1. The van der Waals surface area contributed by atoms with Gasteiger partial charge in [0.2, 0.25) is 0 Å². The van der Waals surface area contributed by atoms with Crippen LogP contribution in [0.2, 0.25) is 0 Å².